The van der Waals surface area contributed by atoms with Crippen LogP contribution in [0.15, 0.2) is 109 Å². The van der Waals surface area contributed by atoms with Crippen LogP contribution in [0.5, 0.6) is 0 Å². The minimum absolute atomic E-state index is 0.182. The van der Waals surface area contributed by atoms with Crippen molar-refractivity contribution in [1.29, 1.82) is 0 Å². The molecule has 2 atom stereocenters. The summed E-state index contributed by atoms with van der Waals surface area (Å²) in [6.45, 7) is 4.79. The first-order chi connectivity index (χ1) is 45.6. The Bertz CT molecular complexity index is 1900. The molecule has 536 valence electrons. The van der Waals surface area contributed by atoms with Crippen LogP contribution < -0.4 is 0 Å². The number of carbonyl (C=O) groups excluding carboxylic acids is 2. The van der Waals surface area contributed by atoms with E-state index >= 15 is 0 Å². The molecule has 0 spiro atoms. The molecule has 0 aliphatic heterocycles. The van der Waals surface area contributed by atoms with Gasteiger partial charge in [0.05, 0.1) is 34.4 Å². The molecule has 0 fully saturated rings. The number of carbonyl (C=O) groups is 3. The zero-order valence-corrected chi connectivity index (χ0v) is 61.4. The van der Waals surface area contributed by atoms with E-state index in [1.54, 1.807) is 0 Å². The van der Waals surface area contributed by atoms with Crippen LogP contribution in [0, 0.1) is 0 Å². The van der Waals surface area contributed by atoms with Crippen molar-refractivity contribution < 1.29 is 42.9 Å². The first kappa shape index (κ1) is 89.0. The maximum atomic E-state index is 13.0. The molecule has 0 amide bonds. The number of quaternary nitrogens is 1. The molecule has 1 N–H and O–H groups in total. The molecular weight excluding hydrogens is 1150 g/mol. The fourth-order valence-electron chi connectivity index (χ4n) is 11.1. The zero-order chi connectivity index (χ0) is 67.5. The topological polar surface area (TPSA) is 108 Å². The molecule has 0 saturated carbocycles. The molecule has 0 rings (SSSR count). The maximum absolute atomic E-state index is 13.0. The first-order valence-corrected chi connectivity index (χ1v) is 39.1. The van der Waals surface area contributed by atoms with Crippen LogP contribution in [-0.2, 0) is 33.3 Å². The number of nitrogens with zero attached hydrogens (tertiary/aromatic N) is 1. The molecule has 2 unspecified atom stereocenters. The van der Waals surface area contributed by atoms with Gasteiger partial charge in [-0.2, -0.15) is 0 Å². The Labute approximate surface area is 575 Å². The number of carboxylic acids is 1. The summed E-state index contributed by atoms with van der Waals surface area (Å²) in [6.07, 6.45) is 101. The molecule has 0 bridgehead atoms. The Morgan fingerprint density at radius 3 is 0.914 bits per heavy atom. The number of rotatable bonds is 72. The number of hydrogen-bond donors (Lipinski definition) is 1. The lowest BCUT2D eigenvalue weighted by Gasteiger charge is -2.25. The first-order valence-electron chi connectivity index (χ1n) is 39.1. The van der Waals surface area contributed by atoms with Crippen molar-refractivity contribution >= 4 is 17.9 Å². The predicted octanol–water partition coefficient (Wildman–Crippen LogP) is 24.9. The largest absolute Gasteiger partial charge is 0.477 e. The van der Waals surface area contributed by atoms with E-state index in [0.29, 0.717) is 17.4 Å². The number of aliphatic carboxylic acids is 1. The number of esters is 2. The highest BCUT2D eigenvalue weighted by molar-refractivity contribution is 5.71. The maximum Gasteiger partial charge on any atom is 0.361 e. The summed E-state index contributed by atoms with van der Waals surface area (Å²) in [5.41, 5.74) is 0. The predicted molar refractivity (Wildman–Crippen MR) is 401 cm³/mol. The Kier molecular flexibility index (Phi) is 70.5. The number of carboxylic acid groups (broad SMARTS) is 1. The molecular formula is C84H148NO8+. The van der Waals surface area contributed by atoms with E-state index in [0.717, 1.165) is 89.9 Å². The average molecular weight is 1300 g/mol. The van der Waals surface area contributed by atoms with Crippen molar-refractivity contribution in [3.63, 3.8) is 0 Å². The van der Waals surface area contributed by atoms with Crippen molar-refractivity contribution in [1.82, 2.24) is 0 Å². The highest BCUT2D eigenvalue weighted by Gasteiger charge is 2.25. The van der Waals surface area contributed by atoms with Crippen LogP contribution in [-0.4, -0.2) is 87.4 Å². The zero-order valence-electron chi connectivity index (χ0n) is 61.4. The van der Waals surface area contributed by atoms with Crippen LogP contribution in [0.2, 0.25) is 0 Å². The summed E-state index contributed by atoms with van der Waals surface area (Å²) in [6, 6.07) is 0. The number of ether oxygens (including phenoxy) is 4. The third-order valence-electron chi connectivity index (χ3n) is 17.0. The van der Waals surface area contributed by atoms with Crippen LogP contribution in [0.1, 0.15) is 348 Å². The standard InChI is InChI=1S/C84H147NO8/c1-6-8-10-12-14-16-18-20-22-24-26-28-30-32-34-36-38-39-40-41-42-43-45-47-49-51-53-55-57-59-61-63-65-67-69-71-73-75-82(87)93-80(79-92-84(83(88)89)90-77-76-85(3,4)5)78-91-81(86)74-72-70-68-66-64-62-60-58-56-54-52-50-48-46-44-37-35-33-31-29-27-25-23-21-19-17-15-13-11-9-7-2/h8,10,14,16,19-22,25-28,32,34,38-39,41-42,80,84H,6-7,9,11-13,15,17-18,23-24,29-31,33,35-37,40,43-79H2,1-5H3/p+1/b10-8-,16-14-,21-19-,22-20-,27-25-,28-26-,34-32-,39-38-,42-41-. The van der Waals surface area contributed by atoms with Crippen molar-refractivity contribution in [2.24, 2.45) is 0 Å². The van der Waals surface area contributed by atoms with Crippen LogP contribution in [0.3, 0.4) is 0 Å². The summed E-state index contributed by atoms with van der Waals surface area (Å²) in [7, 11) is 5.99. The normalized spacial score (nSPS) is 13.3. The van der Waals surface area contributed by atoms with Gasteiger partial charge in [0.25, 0.3) is 6.29 Å². The highest BCUT2D eigenvalue weighted by Crippen LogP contribution is 2.18. The van der Waals surface area contributed by atoms with E-state index in [9.17, 15) is 19.5 Å². The van der Waals surface area contributed by atoms with Crippen LogP contribution in [0.4, 0.5) is 0 Å². The molecule has 0 aromatic carbocycles. The quantitative estimate of drug-likeness (QED) is 0.0211. The lowest BCUT2D eigenvalue weighted by atomic mass is 10.0. The van der Waals surface area contributed by atoms with E-state index in [-0.39, 0.29) is 32.2 Å². The van der Waals surface area contributed by atoms with E-state index < -0.39 is 24.3 Å². The third-order valence-corrected chi connectivity index (χ3v) is 17.0. The fourth-order valence-corrected chi connectivity index (χ4v) is 11.1. The van der Waals surface area contributed by atoms with E-state index in [1.165, 1.54) is 231 Å². The molecule has 0 aromatic rings. The summed E-state index contributed by atoms with van der Waals surface area (Å²) in [5, 5.41) is 9.77. The van der Waals surface area contributed by atoms with Crippen molar-refractivity contribution in [2.75, 3.05) is 47.5 Å². The van der Waals surface area contributed by atoms with E-state index in [4.69, 9.17) is 18.9 Å². The third kappa shape index (κ3) is 75.2. The van der Waals surface area contributed by atoms with Gasteiger partial charge in [-0.15, -0.1) is 0 Å². The molecule has 9 heteroatoms. The molecule has 93 heavy (non-hydrogen) atoms. The van der Waals surface area contributed by atoms with Gasteiger partial charge in [0, 0.05) is 12.8 Å². The molecule has 0 aliphatic rings. The van der Waals surface area contributed by atoms with Crippen molar-refractivity contribution in [2.45, 2.75) is 360 Å². The second-order valence-corrected chi connectivity index (χ2v) is 27.3. The van der Waals surface area contributed by atoms with E-state index in [1.807, 2.05) is 21.1 Å². The second-order valence-electron chi connectivity index (χ2n) is 27.3. The second kappa shape index (κ2) is 73.8. The van der Waals surface area contributed by atoms with Crippen LogP contribution >= 0.6 is 0 Å². The van der Waals surface area contributed by atoms with Crippen molar-refractivity contribution in [3.05, 3.63) is 109 Å². The molecule has 0 radical (unpaired) electrons. The number of hydrogen-bond acceptors (Lipinski definition) is 7. The minimum Gasteiger partial charge on any atom is -0.477 e. The Morgan fingerprint density at radius 1 is 0.333 bits per heavy atom. The SMILES string of the molecule is CC/C=C\C/C=C\C/C=C\C/C=C\C/C=C\C/C=C\C/C=C\CCCCCCCCCCCCCCCCCC(=O)OC(COC(=O)CCCCCCCCCCCCCCCCCCCCC/C=C\C/C=C\CCCCCCC)COC(OCC[N+](C)(C)C)C(=O)O. The Morgan fingerprint density at radius 2 is 0.613 bits per heavy atom. The van der Waals surface area contributed by atoms with Crippen molar-refractivity contribution in [3.8, 4) is 0 Å². The number of allylic oxidation sites excluding steroid dienone is 18. The average Bonchev–Trinajstić information content (AvgIpc) is 3.73. The van der Waals surface area contributed by atoms with Gasteiger partial charge in [-0.25, -0.2) is 4.79 Å². The Balaban J connectivity index is 4.05. The molecule has 0 heterocycles. The molecule has 9 nitrogen and oxygen atoms in total. The fraction of sp³-hybridized carbons (Fsp3) is 0.750. The van der Waals surface area contributed by atoms with Gasteiger partial charge in [-0.3, -0.25) is 9.59 Å². The van der Waals surface area contributed by atoms with Gasteiger partial charge >= 0.3 is 17.9 Å². The highest BCUT2D eigenvalue weighted by atomic mass is 16.7. The van der Waals surface area contributed by atoms with Gasteiger partial charge < -0.3 is 28.5 Å². The van der Waals surface area contributed by atoms with Gasteiger partial charge in [0.1, 0.15) is 13.2 Å². The number of unbranched alkanes of at least 4 members (excludes halogenated alkanes) is 39. The number of likely N-dealkylation sites (N-methyl/N-ethyl adjacent to an activating group) is 1. The van der Waals surface area contributed by atoms with Gasteiger partial charge in [0.15, 0.2) is 6.10 Å². The minimum atomic E-state index is -1.51. The summed E-state index contributed by atoms with van der Waals surface area (Å²) in [5.74, 6) is -1.99. The Hall–Kier alpha value is -4.05. The summed E-state index contributed by atoms with van der Waals surface area (Å²) in [4.78, 5) is 37.7. The summed E-state index contributed by atoms with van der Waals surface area (Å²) < 4.78 is 23.0. The molecule has 0 aromatic heterocycles. The lowest BCUT2D eigenvalue weighted by Crippen LogP contribution is -2.40. The van der Waals surface area contributed by atoms with Crippen LogP contribution in [0.25, 0.3) is 0 Å². The van der Waals surface area contributed by atoms with Gasteiger partial charge in [0.2, 0.25) is 0 Å². The summed E-state index contributed by atoms with van der Waals surface area (Å²) >= 11 is 0. The smallest absolute Gasteiger partial charge is 0.361 e. The van der Waals surface area contributed by atoms with Gasteiger partial charge in [-0.1, -0.05) is 342 Å². The van der Waals surface area contributed by atoms with Gasteiger partial charge in [-0.05, 0) is 103 Å². The lowest BCUT2D eigenvalue weighted by molar-refractivity contribution is -0.870. The monoisotopic (exact) mass is 1300 g/mol. The molecule has 0 aliphatic carbocycles. The molecule has 0 saturated heterocycles. The van der Waals surface area contributed by atoms with E-state index in [2.05, 4.69) is 123 Å².